The smallest absolute Gasteiger partial charge is 0.346 e. The van der Waals surface area contributed by atoms with Crippen LogP contribution in [0.4, 0.5) is 0 Å². The van der Waals surface area contributed by atoms with Gasteiger partial charge in [0.1, 0.15) is 11.6 Å². The van der Waals surface area contributed by atoms with Crippen molar-refractivity contribution in [2.75, 3.05) is 11.5 Å². The molecule has 0 spiro atoms. The maximum absolute atomic E-state index is 11.3. The van der Waals surface area contributed by atoms with Gasteiger partial charge in [0.2, 0.25) is 0 Å². The summed E-state index contributed by atoms with van der Waals surface area (Å²) in [6.07, 6.45) is 14.3. The Morgan fingerprint density at radius 1 is 0.750 bits per heavy atom. The summed E-state index contributed by atoms with van der Waals surface area (Å²) in [5.74, 6) is 1.22. The highest BCUT2D eigenvalue weighted by molar-refractivity contribution is 8.40. The first kappa shape index (κ1) is 39.1. The number of carbonyl (C=O) groups is 1. The van der Waals surface area contributed by atoms with E-state index in [0.717, 1.165) is 5.56 Å². The molecule has 0 saturated heterocycles. The Kier molecular flexibility index (Phi) is 13.7. The van der Waals surface area contributed by atoms with Crippen LogP contribution in [0.25, 0.3) is 42.8 Å². The fourth-order valence-electron chi connectivity index (χ4n) is 6.32. The van der Waals surface area contributed by atoms with Gasteiger partial charge in [0.25, 0.3) is 0 Å². The Labute approximate surface area is 334 Å². The molecule has 52 heavy (non-hydrogen) atoms. The number of carboxylic acid groups (broad SMARTS) is 1. The molecule has 3 heterocycles. The molecule has 270 valence electrons. The van der Waals surface area contributed by atoms with Crippen LogP contribution in [0.3, 0.4) is 0 Å². The van der Waals surface area contributed by atoms with Gasteiger partial charge in [-0.05, 0) is 82.0 Å². The lowest BCUT2D eigenvalue weighted by Gasteiger charge is -2.19. The van der Waals surface area contributed by atoms with Crippen molar-refractivity contribution in [3.63, 3.8) is 0 Å². The lowest BCUT2D eigenvalue weighted by atomic mass is 9.83. The van der Waals surface area contributed by atoms with E-state index in [9.17, 15) is 9.90 Å². The highest BCUT2D eigenvalue weighted by Gasteiger charge is 2.39. The van der Waals surface area contributed by atoms with E-state index >= 15 is 0 Å². The SMILES string of the molecule is CCCCCCSC1=C(SCCCCCC)SC(=Cc2ccc(-c3cc4c(s3)-c3sc(-c5ccc(/C=C(/C#N)C(=O)O)cc5)cc3C4(C)C)cc2)S1. The number of benzene rings is 2. The summed E-state index contributed by atoms with van der Waals surface area (Å²) in [5, 5.41) is 18.3. The van der Waals surface area contributed by atoms with Crippen LogP contribution in [0, 0.1) is 11.3 Å². The average Bonchev–Trinajstić information content (AvgIpc) is 3.91. The van der Waals surface area contributed by atoms with E-state index in [2.05, 4.69) is 93.7 Å². The lowest BCUT2D eigenvalue weighted by Crippen LogP contribution is -2.13. The minimum atomic E-state index is -1.21. The Morgan fingerprint density at radius 2 is 1.23 bits per heavy atom. The first-order valence-corrected chi connectivity index (χ1v) is 23.4. The van der Waals surface area contributed by atoms with Crippen LogP contribution < -0.4 is 0 Å². The van der Waals surface area contributed by atoms with Crippen LogP contribution in [-0.4, -0.2) is 22.6 Å². The van der Waals surface area contributed by atoms with Crippen LogP contribution in [-0.2, 0) is 10.2 Å². The van der Waals surface area contributed by atoms with Crippen LogP contribution in [0.2, 0.25) is 0 Å². The number of nitriles is 1. The van der Waals surface area contributed by atoms with Crippen LogP contribution in [0.5, 0.6) is 0 Å². The van der Waals surface area contributed by atoms with E-state index in [1.807, 2.05) is 70.5 Å². The number of hydrogen-bond acceptors (Lipinski definition) is 8. The second kappa shape index (κ2) is 18.2. The van der Waals surface area contributed by atoms with E-state index < -0.39 is 5.97 Å². The van der Waals surface area contributed by atoms with Gasteiger partial charge in [-0.1, -0.05) is 138 Å². The maximum atomic E-state index is 11.3. The largest absolute Gasteiger partial charge is 0.477 e. The van der Waals surface area contributed by atoms with Gasteiger partial charge in [0.15, 0.2) is 0 Å². The van der Waals surface area contributed by atoms with Gasteiger partial charge in [0, 0.05) is 24.9 Å². The summed E-state index contributed by atoms with van der Waals surface area (Å²) in [6, 6.07) is 23.4. The van der Waals surface area contributed by atoms with Crippen molar-refractivity contribution in [1.82, 2.24) is 0 Å². The fraction of sp³-hybridized carbons (Fsp3) is 0.349. The standard InChI is InChI=1S/C43H45NO2S6/c1-5-7-9-11-21-47-41-42(48-22-12-10-8-6-2)52-37(51-41)24-29-15-19-31(20-16-29)36-26-34-39(50-36)38-33(43(34,3)4)25-35(49-38)30-17-13-28(14-18-30)23-32(27-44)40(45)46/h13-20,23-26H,5-12,21-22H2,1-4H3,(H,45,46)/b32-23-. The first-order valence-electron chi connectivity index (χ1n) is 18.1. The Balaban J connectivity index is 1.15. The molecular weight excluding hydrogens is 755 g/mol. The van der Waals surface area contributed by atoms with Crippen molar-refractivity contribution >= 4 is 87.8 Å². The summed E-state index contributed by atoms with van der Waals surface area (Å²) in [7, 11) is 0. The molecule has 0 radical (unpaired) electrons. The van der Waals surface area contributed by atoms with Gasteiger partial charge in [-0.25, -0.2) is 4.79 Å². The molecule has 0 atom stereocenters. The minimum Gasteiger partial charge on any atom is -0.477 e. The third-order valence-corrected chi connectivity index (χ3v) is 17.5. The molecule has 2 aromatic carbocycles. The van der Waals surface area contributed by atoms with Crippen molar-refractivity contribution in [3.8, 4) is 36.7 Å². The number of thioether (sulfide) groups is 4. The number of aliphatic carboxylic acids is 1. The number of nitrogens with zero attached hydrogens (tertiary/aromatic N) is 1. The molecule has 0 fully saturated rings. The average molecular weight is 800 g/mol. The minimum absolute atomic E-state index is 0.0915. The van der Waals surface area contributed by atoms with Gasteiger partial charge in [-0.15, -0.1) is 46.2 Å². The van der Waals surface area contributed by atoms with Gasteiger partial charge < -0.3 is 5.11 Å². The summed E-state index contributed by atoms with van der Waals surface area (Å²) < 4.78 is 4.41. The van der Waals surface area contributed by atoms with E-state index in [1.165, 1.54) is 123 Å². The topological polar surface area (TPSA) is 61.1 Å². The molecule has 2 aliphatic rings. The third kappa shape index (κ3) is 9.19. The van der Waals surface area contributed by atoms with E-state index in [1.54, 1.807) is 6.07 Å². The molecule has 0 unspecified atom stereocenters. The number of carboxylic acids is 1. The third-order valence-electron chi connectivity index (χ3n) is 9.37. The molecule has 0 bridgehead atoms. The van der Waals surface area contributed by atoms with Crippen LogP contribution >= 0.6 is 69.7 Å². The van der Waals surface area contributed by atoms with Gasteiger partial charge in [-0.2, -0.15) is 5.26 Å². The summed E-state index contributed by atoms with van der Waals surface area (Å²) in [4.78, 5) is 16.5. The predicted molar refractivity (Wildman–Crippen MR) is 235 cm³/mol. The number of rotatable bonds is 17. The van der Waals surface area contributed by atoms with Crippen molar-refractivity contribution in [2.45, 2.75) is 84.5 Å². The fourth-order valence-corrected chi connectivity index (χ4v) is 15.0. The van der Waals surface area contributed by atoms with Crippen molar-refractivity contribution in [1.29, 1.82) is 5.26 Å². The number of thiophene rings is 2. The monoisotopic (exact) mass is 799 g/mol. The van der Waals surface area contributed by atoms with Crippen LogP contribution in [0.1, 0.15) is 101 Å². The molecule has 1 aliphatic carbocycles. The zero-order valence-corrected chi connectivity index (χ0v) is 35.2. The van der Waals surface area contributed by atoms with Crippen molar-refractivity contribution in [2.24, 2.45) is 0 Å². The highest BCUT2D eigenvalue weighted by atomic mass is 32.3. The summed E-state index contributed by atoms with van der Waals surface area (Å²) >= 11 is 11.8. The Bertz CT molecular complexity index is 1990. The normalized spacial score (nSPS) is 14.8. The lowest BCUT2D eigenvalue weighted by molar-refractivity contribution is -0.132. The molecule has 0 amide bonds. The molecule has 0 saturated carbocycles. The molecule has 9 heteroatoms. The molecule has 1 N–H and O–H groups in total. The second-order valence-corrected chi connectivity index (χ2v) is 20.8. The zero-order valence-electron chi connectivity index (χ0n) is 30.3. The first-order chi connectivity index (χ1) is 25.2. The van der Waals surface area contributed by atoms with E-state index in [-0.39, 0.29) is 11.0 Å². The summed E-state index contributed by atoms with van der Waals surface area (Å²) in [5.41, 5.74) is 6.70. The predicted octanol–water partition coefficient (Wildman–Crippen LogP) is 15.0. The number of fused-ring (bicyclic) bond motifs is 3. The molecule has 6 rings (SSSR count). The van der Waals surface area contributed by atoms with Crippen LogP contribution in [0.15, 0.2) is 78.9 Å². The van der Waals surface area contributed by atoms with Gasteiger partial charge in [0.05, 0.1) is 12.7 Å². The van der Waals surface area contributed by atoms with Crippen molar-refractivity contribution < 1.29 is 9.90 Å². The zero-order chi connectivity index (χ0) is 36.7. The van der Waals surface area contributed by atoms with Gasteiger partial charge in [-0.3, -0.25) is 0 Å². The molecule has 1 aliphatic heterocycles. The second-order valence-electron chi connectivity index (χ2n) is 13.6. The molecule has 4 aromatic rings. The Hall–Kier alpha value is -2.58. The van der Waals surface area contributed by atoms with Gasteiger partial charge >= 0.3 is 5.97 Å². The Morgan fingerprint density at radius 3 is 1.67 bits per heavy atom. The number of unbranched alkanes of at least 4 members (excludes halogenated alkanes) is 6. The number of hydrogen-bond donors (Lipinski definition) is 1. The van der Waals surface area contributed by atoms with Crippen molar-refractivity contribution in [3.05, 3.63) is 101 Å². The molecular formula is C43H45NO2S6. The summed E-state index contributed by atoms with van der Waals surface area (Å²) in [6.45, 7) is 9.21. The quantitative estimate of drug-likeness (QED) is 0.0648. The maximum Gasteiger partial charge on any atom is 0.346 e. The van der Waals surface area contributed by atoms with E-state index in [4.69, 9.17) is 5.26 Å². The molecule has 2 aromatic heterocycles. The highest BCUT2D eigenvalue weighted by Crippen LogP contribution is 2.59. The van der Waals surface area contributed by atoms with E-state index in [0.29, 0.717) is 5.56 Å². The molecule has 3 nitrogen and oxygen atoms in total.